The average molecular weight is 439 g/mol. The summed E-state index contributed by atoms with van der Waals surface area (Å²) >= 11 is 0.333. The second-order valence-corrected chi connectivity index (χ2v) is 8.44. The summed E-state index contributed by atoms with van der Waals surface area (Å²) in [5, 5.41) is 60.5. The summed E-state index contributed by atoms with van der Waals surface area (Å²) in [6.07, 6.45) is -8.29. The molecule has 13 heteroatoms. The van der Waals surface area contributed by atoms with Gasteiger partial charge in [0.15, 0.2) is 0 Å². The predicted octanol–water partition coefficient (Wildman–Crippen LogP) is -1.65. The van der Waals surface area contributed by atoms with E-state index in [0.717, 1.165) is 0 Å². The molecule has 0 spiro atoms. The van der Waals surface area contributed by atoms with Crippen molar-refractivity contribution in [2.75, 3.05) is 6.61 Å². The molecule has 0 amide bonds. The SMILES string of the molecule is O=S(=O)(O)[N+]([O-])=C(CC(O)c1ccccc1)SC1OC(CO)C(O)C(O)C1O. The number of thioether (sulfide) groups is 1. The Balaban J connectivity index is 2.30. The molecular formula is C15H21NO10S2. The Morgan fingerprint density at radius 2 is 1.79 bits per heavy atom. The lowest BCUT2D eigenvalue weighted by Gasteiger charge is -2.39. The first kappa shape index (κ1) is 23.0. The van der Waals surface area contributed by atoms with Gasteiger partial charge in [-0.05, 0) is 17.3 Å². The Bertz CT molecular complexity index is 785. The fourth-order valence-corrected chi connectivity index (χ4v) is 4.40. The van der Waals surface area contributed by atoms with Crippen LogP contribution >= 0.6 is 11.8 Å². The third-order valence-electron chi connectivity index (χ3n) is 4.07. The van der Waals surface area contributed by atoms with E-state index in [2.05, 4.69) is 0 Å². The molecule has 2 rings (SSSR count). The zero-order valence-corrected chi connectivity index (χ0v) is 16.0. The van der Waals surface area contributed by atoms with E-state index in [1.165, 1.54) is 12.1 Å². The average Bonchev–Trinajstić information content (AvgIpc) is 2.66. The smallest absolute Gasteiger partial charge is 0.518 e. The molecule has 6 N–H and O–H groups in total. The minimum Gasteiger partial charge on any atom is -0.605 e. The Kier molecular flexibility index (Phi) is 7.78. The molecule has 0 bridgehead atoms. The van der Waals surface area contributed by atoms with Crippen LogP contribution in [0.3, 0.4) is 0 Å². The first-order valence-electron chi connectivity index (χ1n) is 8.07. The number of benzene rings is 1. The lowest BCUT2D eigenvalue weighted by Crippen LogP contribution is -2.57. The lowest BCUT2D eigenvalue weighted by molar-refractivity contribution is -0.290. The van der Waals surface area contributed by atoms with Gasteiger partial charge in [-0.15, -0.1) is 8.42 Å². The first-order valence-corrected chi connectivity index (χ1v) is 10.3. The molecule has 28 heavy (non-hydrogen) atoms. The highest BCUT2D eigenvalue weighted by Crippen LogP contribution is 2.32. The molecule has 0 aromatic heterocycles. The third-order valence-corrected chi connectivity index (χ3v) is 6.05. The van der Waals surface area contributed by atoms with Crippen LogP contribution in [0.2, 0.25) is 0 Å². The van der Waals surface area contributed by atoms with E-state index in [-0.39, 0.29) is 0 Å². The van der Waals surface area contributed by atoms with Crippen molar-refractivity contribution in [3.8, 4) is 0 Å². The molecule has 0 radical (unpaired) electrons. The van der Waals surface area contributed by atoms with Gasteiger partial charge in [-0.25, -0.2) is 4.55 Å². The fraction of sp³-hybridized carbons (Fsp3) is 0.533. The summed E-state index contributed by atoms with van der Waals surface area (Å²) in [6.45, 7) is -0.719. The summed E-state index contributed by atoms with van der Waals surface area (Å²) in [7, 11) is -5.23. The summed E-state index contributed by atoms with van der Waals surface area (Å²) in [5.74, 6) is 0. The van der Waals surface area contributed by atoms with Crippen molar-refractivity contribution in [3.05, 3.63) is 41.1 Å². The number of rotatable bonds is 6. The highest BCUT2D eigenvalue weighted by molar-refractivity contribution is 8.14. The van der Waals surface area contributed by atoms with Crippen LogP contribution in [-0.4, -0.2) is 84.1 Å². The number of aliphatic hydroxyl groups excluding tert-OH is 5. The Hall–Kier alpha value is -1.29. The van der Waals surface area contributed by atoms with Crippen LogP contribution in [0.5, 0.6) is 0 Å². The zero-order valence-electron chi connectivity index (χ0n) is 14.3. The van der Waals surface area contributed by atoms with Crippen LogP contribution in [0, 0.1) is 5.21 Å². The molecule has 158 valence electrons. The Labute approximate surface area is 165 Å². The largest absolute Gasteiger partial charge is 0.605 e. The molecule has 1 fully saturated rings. The standard InChI is InChI=1S/C15H21NO10S2/c17-7-10-12(19)13(20)14(21)15(26-10)27-11(16(22)28(23,24)25)6-9(18)8-4-2-1-3-5-8/h1-5,9-10,12-15,17-21H,6-7H2,(H,23,24,25). The van der Waals surface area contributed by atoms with Crippen molar-refractivity contribution in [1.82, 2.24) is 0 Å². The Morgan fingerprint density at radius 3 is 2.32 bits per heavy atom. The molecular weight excluding hydrogens is 418 g/mol. The van der Waals surface area contributed by atoms with Crippen LogP contribution in [-0.2, 0) is 15.0 Å². The maximum absolute atomic E-state index is 12.0. The summed E-state index contributed by atoms with van der Waals surface area (Å²) in [5.41, 5.74) is -1.11. The zero-order chi connectivity index (χ0) is 21.1. The molecule has 0 aliphatic carbocycles. The van der Waals surface area contributed by atoms with Gasteiger partial charge >= 0.3 is 10.3 Å². The maximum Gasteiger partial charge on any atom is 0.518 e. The fourth-order valence-electron chi connectivity index (χ4n) is 2.55. The summed E-state index contributed by atoms with van der Waals surface area (Å²) in [4.78, 5) is 0. The maximum atomic E-state index is 12.0. The van der Waals surface area contributed by atoms with E-state index in [1.807, 2.05) is 0 Å². The molecule has 1 aromatic carbocycles. The van der Waals surface area contributed by atoms with Crippen LogP contribution < -0.4 is 0 Å². The van der Waals surface area contributed by atoms with E-state index < -0.39 is 68.5 Å². The molecule has 6 unspecified atom stereocenters. The van der Waals surface area contributed by atoms with Crippen molar-refractivity contribution in [3.63, 3.8) is 0 Å². The van der Waals surface area contributed by atoms with Gasteiger partial charge < -0.3 is 35.5 Å². The van der Waals surface area contributed by atoms with Gasteiger partial charge in [-0.1, -0.05) is 34.5 Å². The number of ether oxygens (including phenoxy) is 1. The number of aliphatic hydroxyl groups is 5. The summed E-state index contributed by atoms with van der Waals surface area (Å²) < 4.78 is 36.1. The van der Waals surface area contributed by atoms with Crippen molar-refractivity contribution in [1.29, 1.82) is 0 Å². The molecule has 1 aliphatic rings. The number of hydrogen-bond donors (Lipinski definition) is 6. The van der Waals surface area contributed by atoms with Crippen molar-refractivity contribution >= 4 is 27.1 Å². The molecule has 1 saturated heterocycles. The Morgan fingerprint density at radius 1 is 1.18 bits per heavy atom. The van der Waals surface area contributed by atoms with Gasteiger partial charge in [0.25, 0.3) is 0 Å². The van der Waals surface area contributed by atoms with E-state index in [4.69, 9.17) is 9.29 Å². The van der Waals surface area contributed by atoms with E-state index >= 15 is 0 Å². The van der Waals surface area contributed by atoms with Gasteiger partial charge in [0.1, 0.15) is 29.9 Å². The van der Waals surface area contributed by atoms with E-state index in [9.17, 15) is 39.2 Å². The van der Waals surface area contributed by atoms with Gasteiger partial charge in [0, 0.05) is 0 Å². The quantitative estimate of drug-likeness (QED) is 0.0743. The normalized spacial score (nSPS) is 30.6. The highest BCUT2D eigenvalue weighted by atomic mass is 32.2. The molecule has 1 heterocycles. The minimum absolute atomic E-state index is 0.333. The van der Waals surface area contributed by atoms with Gasteiger partial charge in [0.05, 0.1) is 19.1 Å². The first-order chi connectivity index (χ1) is 13.1. The van der Waals surface area contributed by atoms with Crippen molar-refractivity contribution < 1.29 is 47.4 Å². The lowest BCUT2D eigenvalue weighted by atomic mass is 10.0. The van der Waals surface area contributed by atoms with E-state index in [1.54, 1.807) is 18.2 Å². The van der Waals surface area contributed by atoms with Gasteiger partial charge in [-0.3, -0.25) is 0 Å². The molecule has 6 atom stereocenters. The van der Waals surface area contributed by atoms with Gasteiger partial charge in [-0.2, -0.15) is 0 Å². The molecule has 0 saturated carbocycles. The van der Waals surface area contributed by atoms with Crippen LogP contribution in [0.4, 0.5) is 0 Å². The van der Waals surface area contributed by atoms with Crippen LogP contribution in [0.15, 0.2) is 30.3 Å². The second-order valence-electron chi connectivity index (χ2n) is 6.04. The molecule has 11 nitrogen and oxygen atoms in total. The third kappa shape index (κ3) is 5.40. The molecule has 1 aromatic rings. The van der Waals surface area contributed by atoms with Crippen molar-refractivity contribution in [2.45, 2.75) is 42.4 Å². The van der Waals surface area contributed by atoms with Crippen molar-refractivity contribution in [2.24, 2.45) is 0 Å². The summed E-state index contributed by atoms with van der Waals surface area (Å²) in [6, 6.07) is 7.97. The van der Waals surface area contributed by atoms with E-state index in [0.29, 0.717) is 17.3 Å². The number of hydrogen-bond acceptors (Lipinski definition) is 10. The second kappa shape index (κ2) is 9.47. The minimum atomic E-state index is -5.23. The molecule has 1 aliphatic heterocycles. The monoisotopic (exact) mass is 439 g/mol. The number of nitrogens with zero attached hydrogens (tertiary/aromatic N) is 1. The van der Waals surface area contributed by atoms with Crippen LogP contribution in [0.25, 0.3) is 0 Å². The van der Waals surface area contributed by atoms with Gasteiger partial charge in [0.2, 0.25) is 5.04 Å². The topological polar surface area (TPSA) is 191 Å². The van der Waals surface area contributed by atoms with Crippen LogP contribution in [0.1, 0.15) is 18.1 Å². The highest BCUT2D eigenvalue weighted by Gasteiger charge is 2.45. The predicted molar refractivity (Wildman–Crippen MR) is 97.6 cm³/mol.